The lowest BCUT2D eigenvalue weighted by Gasteiger charge is -2.09. The van der Waals surface area contributed by atoms with Crippen molar-refractivity contribution in [3.63, 3.8) is 0 Å². The van der Waals surface area contributed by atoms with Crippen LogP contribution in [0.2, 0.25) is 0 Å². The Balaban J connectivity index is 1.88. The zero-order chi connectivity index (χ0) is 11.8. The van der Waals surface area contributed by atoms with E-state index >= 15 is 0 Å². The van der Waals surface area contributed by atoms with Crippen LogP contribution >= 0.6 is 0 Å². The van der Waals surface area contributed by atoms with Crippen LogP contribution in [0.1, 0.15) is 72.1 Å². The summed E-state index contributed by atoms with van der Waals surface area (Å²) in [6.45, 7) is 6.45. The highest BCUT2D eigenvalue weighted by Crippen LogP contribution is 2.22. The van der Waals surface area contributed by atoms with E-state index in [2.05, 4.69) is 20.8 Å². The van der Waals surface area contributed by atoms with Crippen LogP contribution in [0.5, 0.6) is 0 Å². The summed E-state index contributed by atoms with van der Waals surface area (Å²) in [7, 11) is 0. The van der Waals surface area contributed by atoms with E-state index in [0.717, 1.165) is 6.42 Å². The Morgan fingerprint density at radius 3 is 1.81 bits per heavy atom. The molecule has 0 aromatic heterocycles. The Kier molecular flexibility index (Phi) is 7.06. The fourth-order valence-electron chi connectivity index (χ4n) is 2.14. The first-order chi connectivity index (χ1) is 7.74. The van der Waals surface area contributed by atoms with Crippen molar-refractivity contribution in [3.8, 4) is 0 Å². The minimum atomic E-state index is 0.0700. The molecular weight excluding hydrogens is 200 g/mol. The number of rotatable bonds is 8. The number of unbranched alkanes of at least 4 members (excludes halogenated alkanes) is 6. The van der Waals surface area contributed by atoms with Gasteiger partial charge >= 0.3 is 0 Å². The molecule has 0 bridgehead atoms. The summed E-state index contributed by atoms with van der Waals surface area (Å²) in [4.78, 5) is 0. The van der Waals surface area contributed by atoms with E-state index in [0.29, 0.717) is 0 Å². The van der Waals surface area contributed by atoms with Gasteiger partial charge in [0.05, 0.1) is 12.2 Å². The molecule has 0 N–H and O–H groups in total. The highest BCUT2D eigenvalue weighted by atomic mass is 16.7. The molecule has 0 radical (unpaired) electrons. The van der Waals surface area contributed by atoms with E-state index in [1.165, 1.54) is 44.9 Å². The second-order valence-corrected chi connectivity index (χ2v) is 5.02. The lowest BCUT2D eigenvalue weighted by atomic mass is 10.1. The third-order valence-electron chi connectivity index (χ3n) is 3.44. The van der Waals surface area contributed by atoms with Gasteiger partial charge in [0.1, 0.15) is 0 Å². The second-order valence-electron chi connectivity index (χ2n) is 5.02. The van der Waals surface area contributed by atoms with Crippen LogP contribution in [0, 0.1) is 0 Å². The van der Waals surface area contributed by atoms with Crippen LogP contribution in [0.3, 0.4) is 0 Å². The molecule has 2 heteroatoms. The van der Waals surface area contributed by atoms with E-state index in [1.807, 2.05) is 0 Å². The Hall–Kier alpha value is -0.0800. The largest absolute Gasteiger partial charge is 0.347 e. The summed E-state index contributed by atoms with van der Waals surface area (Å²) < 4.78 is 11.4. The van der Waals surface area contributed by atoms with Gasteiger partial charge in [-0.05, 0) is 26.7 Å². The van der Waals surface area contributed by atoms with Crippen LogP contribution in [0.25, 0.3) is 0 Å². The lowest BCUT2D eigenvalue weighted by molar-refractivity contribution is -0.0681. The molecule has 2 nitrogen and oxygen atoms in total. The fourth-order valence-corrected chi connectivity index (χ4v) is 2.14. The fraction of sp³-hybridized carbons (Fsp3) is 1.00. The Morgan fingerprint density at radius 1 is 0.750 bits per heavy atom. The first kappa shape index (κ1) is 14.0. The minimum absolute atomic E-state index is 0.0700. The highest BCUT2D eigenvalue weighted by Gasteiger charge is 2.28. The summed E-state index contributed by atoms with van der Waals surface area (Å²) in [5.41, 5.74) is 0. The molecule has 0 amide bonds. The summed E-state index contributed by atoms with van der Waals surface area (Å²) in [6, 6.07) is 0. The van der Waals surface area contributed by atoms with Gasteiger partial charge in [0.2, 0.25) is 0 Å². The monoisotopic (exact) mass is 228 g/mol. The van der Waals surface area contributed by atoms with Gasteiger partial charge < -0.3 is 9.47 Å². The van der Waals surface area contributed by atoms with Crippen molar-refractivity contribution in [1.82, 2.24) is 0 Å². The normalized spacial score (nSPS) is 26.4. The van der Waals surface area contributed by atoms with E-state index in [4.69, 9.17) is 9.47 Å². The van der Waals surface area contributed by atoms with Crippen molar-refractivity contribution >= 4 is 0 Å². The van der Waals surface area contributed by atoms with Gasteiger partial charge in [0, 0.05) is 0 Å². The maximum absolute atomic E-state index is 5.70. The standard InChI is InChI=1S/C14H28O2/c1-4-5-6-7-8-9-10-11-14-15-12(2)13(3)16-14/h12-14H,4-11H2,1-3H3/t12-,13-/m0/s1. The minimum Gasteiger partial charge on any atom is -0.347 e. The lowest BCUT2D eigenvalue weighted by Crippen LogP contribution is -2.13. The summed E-state index contributed by atoms with van der Waals surface area (Å²) in [5.74, 6) is 0. The maximum atomic E-state index is 5.70. The first-order valence-corrected chi connectivity index (χ1v) is 7.05. The Bertz CT molecular complexity index is 160. The molecule has 1 heterocycles. The predicted octanol–water partition coefficient (Wildman–Crippen LogP) is 4.28. The molecule has 2 atom stereocenters. The van der Waals surface area contributed by atoms with Crippen molar-refractivity contribution in [2.75, 3.05) is 0 Å². The van der Waals surface area contributed by atoms with Crippen LogP contribution < -0.4 is 0 Å². The molecule has 1 rings (SSSR count). The molecule has 1 fully saturated rings. The first-order valence-electron chi connectivity index (χ1n) is 7.05. The predicted molar refractivity (Wildman–Crippen MR) is 67.5 cm³/mol. The molecule has 0 aromatic rings. The molecular formula is C14H28O2. The molecule has 1 saturated heterocycles. The molecule has 1 aliphatic heterocycles. The molecule has 0 saturated carbocycles. The van der Waals surface area contributed by atoms with Crippen molar-refractivity contribution in [1.29, 1.82) is 0 Å². The summed E-state index contributed by atoms with van der Waals surface area (Å²) in [5, 5.41) is 0. The van der Waals surface area contributed by atoms with E-state index in [-0.39, 0.29) is 18.5 Å². The zero-order valence-corrected chi connectivity index (χ0v) is 11.2. The van der Waals surface area contributed by atoms with Gasteiger partial charge in [0.15, 0.2) is 6.29 Å². The van der Waals surface area contributed by atoms with Crippen LogP contribution in [-0.4, -0.2) is 18.5 Å². The zero-order valence-electron chi connectivity index (χ0n) is 11.2. The van der Waals surface area contributed by atoms with E-state index in [1.54, 1.807) is 0 Å². The Labute approximate surface area is 101 Å². The highest BCUT2D eigenvalue weighted by molar-refractivity contribution is 4.69. The quantitative estimate of drug-likeness (QED) is 0.577. The molecule has 0 spiro atoms. The van der Waals surface area contributed by atoms with Crippen molar-refractivity contribution in [2.24, 2.45) is 0 Å². The van der Waals surface area contributed by atoms with Gasteiger partial charge in [-0.2, -0.15) is 0 Å². The van der Waals surface area contributed by atoms with Crippen molar-refractivity contribution < 1.29 is 9.47 Å². The average Bonchev–Trinajstić information content (AvgIpc) is 2.57. The topological polar surface area (TPSA) is 18.5 Å². The van der Waals surface area contributed by atoms with E-state index in [9.17, 15) is 0 Å². The van der Waals surface area contributed by atoms with Gasteiger partial charge in [-0.1, -0.05) is 45.4 Å². The number of hydrogen-bond acceptors (Lipinski definition) is 2. The van der Waals surface area contributed by atoms with Crippen LogP contribution in [0.4, 0.5) is 0 Å². The third-order valence-corrected chi connectivity index (χ3v) is 3.44. The average molecular weight is 228 g/mol. The molecule has 0 aromatic carbocycles. The van der Waals surface area contributed by atoms with E-state index < -0.39 is 0 Å². The van der Waals surface area contributed by atoms with Crippen LogP contribution in [-0.2, 0) is 9.47 Å². The van der Waals surface area contributed by atoms with Crippen molar-refractivity contribution in [3.05, 3.63) is 0 Å². The summed E-state index contributed by atoms with van der Waals surface area (Å²) in [6.07, 6.45) is 11.2. The van der Waals surface area contributed by atoms with Gasteiger partial charge in [-0.3, -0.25) is 0 Å². The molecule has 1 aliphatic rings. The number of hydrogen-bond donors (Lipinski definition) is 0. The maximum Gasteiger partial charge on any atom is 0.158 e. The summed E-state index contributed by atoms with van der Waals surface area (Å²) >= 11 is 0. The van der Waals surface area contributed by atoms with Gasteiger partial charge in [-0.25, -0.2) is 0 Å². The molecule has 0 aliphatic carbocycles. The molecule has 96 valence electrons. The van der Waals surface area contributed by atoms with Crippen LogP contribution in [0.15, 0.2) is 0 Å². The second kappa shape index (κ2) is 8.08. The molecule has 0 unspecified atom stereocenters. The molecule has 16 heavy (non-hydrogen) atoms. The Morgan fingerprint density at radius 2 is 1.25 bits per heavy atom. The van der Waals surface area contributed by atoms with Gasteiger partial charge in [-0.15, -0.1) is 0 Å². The third kappa shape index (κ3) is 5.31. The van der Waals surface area contributed by atoms with Crippen molar-refractivity contribution in [2.45, 2.75) is 90.6 Å². The SMILES string of the molecule is CCCCCCCCCC1O[C@@H](C)[C@H](C)O1. The smallest absolute Gasteiger partial charge is 0.158 e. The van der Waals surface area contributed by atoms with Gasteiger partial charge in [0.25, 0.3) is 0 Å². The number of ether oxygens (including phenoxy) is 2.